The van der Waals surface area contributed by atoms with E-state index in [1.807, 2.05) is 58.0 Å². The van der Waals surface area contributed by atoms with E-state index in [9.17, 15) is 14.3 Å². The van der Waals surface area contributed by atoms with Gasteiger partial charge in [-0.3, -0.25) is 9.79 Å². The molecule has 0 spiro atoms. The summed E-state index contributed by atoms with van der Waals surface area (Å²) in [6.07, 6.45) is 2.95. The number of carbonyl (C=O) groups excluding carboxylic acids is 1. The Labute approximate surface area is 248 Å². The van der Waals surface area contributed by atoms with Crippen molar-refractivity contribution in [1.29, 1.82) is 0 Å². The Morgan fingerprint density at radius 2 is 1.70 bits per heavy atom. The summed E-state index contributed by atoms with van der Waals surface area (Å²) in [4.78, 5) is 14.9. The Bertz CT molecular complexity index is 1030. The Hall–Kier alpha value is -2.68. The van der Waals surface area contributed by atoms with E-state index in [0.29, 0.717) is 34.5 Å². The predicted molar refractivity (Wildman–Crippen MR) is 173 cm³/mol. The van der Waals surface area contributed by atoms with E-state index in [0.717, 1.165) is 6.29 Å². The minimum atomic E-state index is -1.02. The van der Waals surface area contributed by atoms with E-state index in [1.54, 1.807) is 45.2 Å². The third-order valence-corrected chi connectivity index (χ3v) is 6.03. The van der Waals surface area contributed by atoms with Crippen LogP contribution in [0.25, 0.3) is 5.57 Å². The number of hydrogen-bond donors (Lipinski definition) is 2. The van der Waals surface area contributed by atoms with Gasteiger partial charge in [0.05, 0.1) is 25.5 Å². The number of carbonyl (C=O) groups is 1. The molecule has 40 heavy (non-hydrogen) atoms. The van der Waals surface area contributed by atoms with Crippen LogP contribution in [0.1, 0.15) is 76.4 Å². The average molecular weight is 572 g/mol. The van der Waals surface area contributed by atoms with Crippen molar-refractivity contribution >= 4 is 44.5 Å². The van der Waals surface area contributed by atoms with Gasteiger partial charge in [-0.1, -0.05) is 73.9 Å². The normalized spacial score (nSPS) is 12.3. The second kappa shape index (κ2) is 21.1. The highest BCUT2D eigenvalue weighted by atomic mass is 32.1. The number of aliphatic imine (C=N–C) groups is 1. The summed E-state index contributed by atoms with van der Waals surface area (Å²) in [6.45, 7) is 16.8. The lowest BCUT2D eigenvalue weighted by molar-refractivity contribution is 0.0500. The Balaban J connectivity index is 0. The zero-order valence-electron chi connectivity index (χ0n) is 25.6. The molecule has 1 N–H and O–H groups in total. The van der Waals surface area contributed by atoms with Crippen molar-refractivity contribution < 1.29 is 23.8 Å². The first-order valence-corrected chi connectivity index (χ1v) is 13.5. The maximum Gasteiger partial charge on any atom is 0.150 e. The topological polar surface area (TPSA) is 68.1 Å². The van der Waals surface area contributed by atoms with Crippen molar-refractivity contribution in [3.05, 3.63) is 83.3 Å². The molecule has 0 aliphatic carbocycles. The van der Waals surface area contributed by atoms with Crippen molar-refractivity contribution in [2.24, 2.45) is 4.99 Å². The molecule has 2 radical (unpaired) electrons. The molecule has 2 rings (SSSR count). The summed E-state index contributed by atoms with van der Waals surface area (Å²) in [5, 5.41) is 9.28. The maximum absolute atomic E-state index is 13.2. The first-order chi connectivity index (χ1) is 18.7. The van der Waals surface area contributed by atoms with Crippen LogP contribution in [0.15, 0.2) is 71.6 Å². The van der Waals surface area contributed by atoms with E-state index in [1.165, 1.54) is 25.8 Å². The van der Waals surface area contributed by atoms with Crippen molar-refractivity contribution in [1.82, 2.24) is 0 Å². The van der Waals surface area contributed by atoms with Crippen LogP contribution in [0.5, 0.6) is 0 Å². The highest BCUT2D eigenvalue weighted by molar-refractivity contribution is 7.81. The van der Waals surface area contributed by atoms with Gasteiger partial charge in [-0.15, -0.1) is 0 Å². The number of alkyl halides is 1. The molecule has 0 saturated heterocycles. The molecule has 1 atom stereocenters. The summed E-state index contributed by atoms with van der Waals surface area (Å²) < 4.78 is 23.0. The van der Waals surface area contributed by atoms with E-state index < -0.39 is 11.8 Å². The number of aliphatic hydroxyl groups is 1. The SMILES string of the molecule is CC.CC(C)(O)C(C)(C)S.COCc1ccccc1.[B]c1ccc(C=O)c(C(=C/CC(C)F)/C(=C\N=C)OC)c1. The zero-order valence-corrected chi connectivity index (χ0v) is 26.5. The molecule has 0 heterocycles. The van der Waals surface area contributed by atoms with E-state index in [4.69, 9.17) is 17.3 Å². The Morgan fingerprint density at radius 3 is 2.10 bits per heavy atom. The van der Waals surface area contributed by atoms with Gasteiger partial charge < -0.3 is 14.6 Å². The number of benzene rings is 2. The Morgan fingerprint density at radius 1 is 1.15 bits per heavy atom. The van der Waals surface area contributed by atoms with Gasteiger partial charge in [0, 0.05) is 23.0 Å². The second-order valence-corrected chi connectivity index (χ2v) is 10.6. The highest BCUT2D eigenvalue weighted by Gasteiger charge is 2.30. The van der Waals surface area contributed by atoms with Gasteiger partial charge in [0.2, 0.25) is 0 Å². The van der Waals surface area contributed by atoms with Crippen LogP contribution in [0, 0.1) is 0 Å². The molecule has 8 heteroatoms. The number of ether oxygens (including phenoxy) is 2. The van der Waals surface area contributed by atoms with Gasteiger partial charge in [-0.25, -0.2) is 4.39 Å². The van der Waals surface area contributed by atoms with Crippen molar-refractivity contribution in [3.63, 3.8) is 0 Å². The number of nitrogens with zero attached hydrogens (tertiary/aromatic N) is 1. The quantitative estimate of drug-likeness (QED) is 0.0810. The molecule has 2 aromatic rings. The molecule has 0 aromatic heterocycles. The largest absolute Gasteiger partial charge is 0.495 e. The molecule has 0 amide bonds. The van der Waals surface area contributed by atoms with Gasteiger partial charge in [0.25, 0.3) is 0 Å². The molecule has 0 aliphatic heterocycles. The molecule has 0 saturated carbocycles. The summed E-state index contributed by atoms with van der Waals surface area (Å²) in [6, 6.07) is 15.0. The fourth-order valence-electron chi connectivity index (χ4n) is 2.59. The van der Waals surface area contributed by atoms with Gasteiger partial charge in [-0.2, -0.15) is 12.6 Å². The zero-order chi connectivity index (χ0) is 31.4. The molecule has 0 aliphatic rings. The lowest BCUT2D eigenvalue weighted by Gasteiger charge is -2.32. The van der Waals surface area contributed by atoms with E-state index >= 15 is 0 Å². The standard InChI is InChI=1S/C16H17BFNO2.C8H10O.C6H14OS.C2H6/c1-11(18)4-7-14(16(21-3)9-19-2)15-8-13(17)6-5-12(15)10-20;1-9-7-8-5-3-2-4-6-8;1-5(2,7)6(3,4)8;1-2/h5-11H,2,4H2,1,3H3;2-6H,7H2,1H3;7-8H,1-4H3;1-2H3/b14-7-,16-9+;;;. The van der Waals surface area contributed by atoms with Crippen molar-refractivity contribution in [2.45, 2.75) is 78.0 Å². The number of thiol groups is 1. The number of rotatable bonds is 10. The summed E-state index contributed by atoms with van der Waals surface area (Å²) in [5.41, 5.74) is 2.59. The fraction of sp³-hybridized carbons (Fsp3) is 0.438. The minimum Gasteiger partial charge on any atom is -0.495 e. The van der Waals surface area contributed by atoms with Gasteiger partial charge in [0.1, 0.15) is 19.8 Å². The second-order valence-electron chi connectivity index (χ2n) is 9.52. The number of hydrogen-bond acceptors (Lipinski definition) is 6. The lowest BCUT2D eigenvalue weighted by atomic mass is 9.88. The van der Waals surface area contributed by atoms with Gasteiger partial charge >= 0.3 is 0 Å². The van der Waals surface area contributed by atoms with Crippen LogP contribution >= 0.6 is 12.6 Å². The Kier molecular flexibility index (Phi) is 20.8. The van der Waals surface area contributed by atoms with E-state index in [-0.39, 0.29) is 11.2 Å². The maximum atomic E-state index is 13.2. The third-order valence-electron chi connectivity index (χ3n) is 5.49. The number of aldehydes is 1. The van der Waals surface area contributed by atoms with Crippen LogP contribution < -0.4 is 5.46 Å². The van der Waals surface area contributed by atoms with Gasteiger partial charge in [-0.05, 0) is 58.9 Å². The van der Waals surface area contributed by atoms with Crippen LogP contribution in [-0.2, 0) is 16.1 Å². The third kappa shape index (κ3) is 16.4. The lowest BCUT2D eigenvalue weighted by Crippen LogP contribution is -2.40. The molecule has 2 aromatic carbocycles. The van der Waals surface area contributed by atoms with Gasteiger partial charge in [0.15, 0.2) is 6.29 Å². The van der Waals surface area contributed by atoms with Crippen molar-refractivity contribution in [2.75, 3.05) is 14.2 Å². The smallest absolute Gasteiger partial charge is 0.150 e. The molecule has 1 unspecified atom stereocenters. The molecule has 0 bridgehead atoms. The molecular formula is C32H47BFNO4S. The average Bonchev–Trinajstić information content (AvgIpc) is 2.89. The van der Waals surface area contributed by atoms with Crippen LogP contribution in [-0.4, -0.2) is 56.7 Å². The van der Waals surface area contributed by atoms with Crippen molar-refractivity contribution in [3.8, 4) is 0 Å². The molecular weight excluding hydrogens is 524 g/mol. The fourth-order valence-corrected chi connectivity index (χ4v) is 2.59. The minimum absolute atomic E-state index is 0.181. The molecule has 220 valence electrons. The monoisotopic (exact) mass is 571 g/mol. The number of allylic oxidation sites excluding steroid dienone is 2. The van der Waals surface area contributed by atoms with E-state index in [2.05, 4.69) is 24.3 Å². The number of methoxy groups -OCH3 is 2. The highest BCUT2D eigenvalue weighted by Crippen LogP contribution is 2.27. The van der Waals surface area contributed by atoms with Crippen LogP contribution in [0.3, 0.4) is 0 Å². The van der Waals surface area contributed by atoms with Crippen LogP contribution in [0.2, 0.25) is 0 Å². The summed E-state index contributed by atoms with van der Waals surface area (Å²) in [5.74, 6) is 0.388. The summed E-state index contributed by atoms with van der Waals surface area (Å²) in [7, 11) is 8.95. The molecule has 0 fully saturated rings. The first-order valence-electron chi connectivity index (χ1n) is 13.1. The van der Waals surface area contributed by atoms with Crippen LogP contribution in [0.4, 0.5) is 4.39 Å². The molecule has 5 nitrogen and oxygen atoms in total. The summed E-state index contributed by atoms with van der Waals surface area (Å²) >= 11 is 4.19. The predicted octanol–water partition coefficient (Wildman–Crippen LogP) is 6.94. The first kappa shape index (κ1) is 39.5. The number of halogens is 1.